The summed E-state index contributed by atoms with van der Waals surface area (Å²) in [5.41, 5.74) is 0.848. The largest absolute Gasteiger partial charge is 0.307 e. The lowest BCUT2D eigenvalue weighted by Crippen LogP contribution is -1.92. The number of aromatic nitrogens is 1. The molecule has 2 rings (SSSR count). The Labute approximate surface area is 117 Å². The van der Waals surface area contributed by atoms with E-state index in [-0.39, 0.29) is 10.8 Å². The number of benzene rings is 1. The van der Waals surface area contributed by atoms with Crippen molar-refractivity contribution in [3.05, 3.63) is 55.8 Å². The Balaban J connectivity index is 2.58. The molecule has 0 saturated carbocycles. The first-order chi connectivity index (χ1) is 8.49. The van der Waals surface area contributed by atoms with Crippen LogP contribution in [0.1, 0.15) is 0 Å². The molecular weight excluding hydrogens is 298 g/mol. The molecule has 92 valence electrons. The molecule has 1 aromatic heterocycles. The van der Waals surface area contributed by atoms with E-state index in [9.17, 15) is 10.1 Å². The van der Waals surface area contributed by atoms with Crippen molar-refractivity contribution in [2.24, 2.45) is 0 Å². The van der Waals surface area contributed by atoms with Crippen LogP contribution in [0.2, 0.25) is 15.2 Å². The van der Waals surface area contributed by atoms with Gasteiger partial charge in [-0.1, -0.05) is 40.9 Å². The molecule has 0 atom stereocenters. The standard InChI is InChI=1S/C11H5Cl3N2O2/c12-7-1-2-8(9(13)4-7)6-3-10(16(17)18)11(14)15-5-6/h1-5H. The molecule has 0 fully saturated rings. The molecule has 0 aliphatic carbocycles. The van der Waals surface area contributed by atoms with E-state index in [1.165, 1.54) is 12.3 Å². The summed E-state index contributed by atoms with van der Waals surface area (Å²) in [4.78, 5) is 13.9. The van der Waals surface area contributed by atoms with E-state index < -0.39 is 4.92 Å². The summed E-state index contributed by atoms with van der Waals surface area (Å²) >= 11 is 17.4. The van der Waals surface area contributed by atoms with Crippen molar-refractivity contribution < 1.29 is 4.92 Å². The molecule has 0 N–H and O–H groups in total. The maximum atomic E-state index is 10.8. The van der Waals surface area contributed by atoms with Gasteiger partial charge in [0.25, 0.3) is 0 Å². The molecule has 7 heteroatoms. The minimum atomic E-state index is -0.595. The summed E-state index contributed by atoms with van der Waals surface area (Å²) in [6.07, 6.45) is 1.42. The first-order valence-electron chi connectivity index (χ1n) is 4.74. The van der Waals surface area contributed by atoms with Gasteiger partial charge in [-0.15, -0.1) is 0 Å². The van der Waals surface area contributed by atoms with Gasteiger partial charge < -0.3 is 0 Å². The molecule has 0 aliphatic rings. The third kappa shape index (κ3) is 2.56. The summed E-state index contributed by atoms with van der Waals surface area (Å²) in [6.45, 7) is 0. The Kier molecular flexibility index (Phi) is 3.71. The third-order valence-corrected chi connectivity index (χ3v) is 3.10. The van der Waals surface area contributed by atoms with Gasteiger partial charge in [-0.2, -0.15) is 0 Å². The van der Waals surface area contributed by atoms with Crippen molar-refractivity contribution in [2.45, 2.75) is 0 Å². The predicted molar refractivity (Wildman–Crippen MR) is 71.4 cm³/mol. The van der Waals surface area contributed by atoms with Gasteiger partial charge in [0, 0.05) is 33.4 Å². The molecule has 0 aliphatic heterocycles. The fourth-order valence-electron chi connectivity index (χ4n) is 1.44. The van der Waals surface area contributed by atoms with E-state index in [0.29, 0.717) is 21.2 Å². The van der Waals surface area contributed by atoms with Crippen LogP contribution in [0, 0.1) is 10.1 Å². The summed E-state index contributed by atoms with van der Waals surface area (Å²) < 4.78 is 0. The zero-order valence-electron chi connectivity index (χ0n) is 8.73. The highest BCUT2D eigenvalue weighted by Gasteiger charge is 2.16. The van der Waals surface area contributed by atoms with E-state index in [1.54, 1.807) is 18.2 Å². The van der Waals surface area contributed by atoms with Crippen LogP contribution >= 0.6 is 34.8 Å². The van der Waals surface area contributed by atoms with Crippen molar-refractivity contribution in [2.75, 3.05) is 0 Å². The van der Waals surface area contributed by atoms with Gasteiger partial charge in [-0.3, -0.25) is 10.1 Å². The van der Waals surface area contributed by atoms with Gasteiger partial charge in [-0.25, -0.2) is 4.98 Å². The Morgan fingerprint density at radius 2 is 1.89 bits per heavy atom. The van der Waals surface area contributed by atoms with Crippen LogP contribution in [0.3, 0.4) is 0 Å². The van der Waals surface area contributed by atoms with Crippen LogP contribution < -0.4 is 0 Å². The average molecular weight is 304 g/mol. The van der Waals surface area contributed by atoms with Crippen LogP contribution in [0.5, 0.6) is 0 Å². The molecule has 18 heavy (non-hydrogen) atoms. The van der Waals surface area contributed by atoms with Gasteiger partial charge in [0.1, 0.15) is 0 Å². The molecular formula is C11H5Cl3N2O2. The highest BCUT2D eigenvalue weighted by molar-refractivity contribution is 6.36. The number of rotatable bonds is 2. The number of nitrogens with zero attached hydrogens (tertiary/aromatic N) is 2. The van der Waals surface area contributed by atoms with Crippen LogP contribution in [0.15, 0.2) is 30.5 Å². The van der Waals surface area contributed by atoms with Crippen molar-refractivity contribution >= 4 is 40.5 Å². The summed E-state index contributed by atoms with van der Waals surface area (Å²) in [5.74, 6) is 0. The van der Waals surface area contributed by atoms with Crippen LogP contribution in [0.25, 0.3) is 11.1 Å². The van der Waals surface area contributed by atoms with Crippen molar-refractivity contribution in [1.82, 2.24) is 4.98 Å². The number of hydrogen-bond acceptors (Lipinski definition) is 3. The summed E-state index contributed by atoms with van der Waals surface area (Å²) in [5, 5.41) is 11.5. The van der Waals surface area contributed by atoms with Gasteiger partial charge in [0.05, 0.1) is 4.92 Å². The van der Waals surface area contributed by atoms with Crippen LogP contribution in [-0.2, 0) is 0 Å². The zero-order valence-corrected chi connectivity index (χ0v) is 11.0. The van der Waals surface area contributed by atoms with Crippen LogP contribution in [-0.4, -0.2) is 9.91 Å². The number of pyridine rings is 1. The lowest BCUT2D eigenvalue weighted by atomic mass is 10.1. The third-order valence-electron chi connectivity index (χ3n) is 2.26. The van der Waals surface area contributed by atoms with Gasteiger partial charge in [0.2, 0.25) is 5.15 Å². The normalized spacial score (nSPS) is 10.4. The number of halogens is 3. The van der Waals surface area contributed by atoms with E-state index in [4.69, 9.17) is 34.8 Å². The molecule has 0 spiro atoms. The van der Waals surface area contributed by atoms with E-state index in [2.05, 4.69) is 4.98 Å². The summed E-state index contributed by atoms with van der Waals surface area (Å²) in [6, 6.07) is 6.19. The summed E-state index contributed by atoms with van der Waals surface area (Å²) in [7, 11) is 0. The fourth-order valence-corrected chi connectivity index (χ4v) is 2.13. The molecule has 1 heterocycles. The predicted octanol–water partition coefficient (Wildman–Crippen LogP) is 4.62. The average Bonchev–Trinajstić information content (AvgIpc) is 2.30. The molecule has 0 saturated heterocycles. The fraction of sp³-hybridized carbons (Fsp3) is 0. The second-order valence-electron chi connectivity index (χ2n) is 3.42. The molecule has 0 unspecified atom stereocenters. The molecule has 0 bridgehead atoms. The maximum Gasteiger partial charge on any atom is 0.307 e. The minimum Gasteiger partial charge on any atom is -0.258 e. The van der Waals surface area contributed by atoms with Crippen LogP contribution in [0.4, 0.5) is 5.69 Å². The van der Waals surface area contributed by atoms with E-state index in [1.807, 2.05) is 0 Å². The minimum absolute atomic E-state index is 0.158. The van der Waals surface area contributed by atoms with E-state index >= 15 is 0 Å². The first-order valence-corrected chi connectivity index (χ1v) is 5.88. The Bertz CT molecular complexity index is 632. The maximum absolute atomic E-state index is 10.8. The molecule has 1 aromatic carbocycles. The quantitative estimate of drug-likeness (QED) is 0.462. The monoisotopic (exact) mass is 302 g/mol. The Morgan fingerprint density at radius 3 is 2.50 bits per heavy atom. The van der Waals surface area contributed by atoms with Crippen molar-refractivity contribution in [1.29, 1.82) is 0 Å². The smallest absolute Gasteiger partial charge is 0.258 e. The second-order valence-corrected chi connectivity index (χ2v) is 4.62. The van der Waals surface area contributed by atoms with Gasteiger partial charge in [-0.05, 0) is 12.1 Å². The number of nitro groups is 1. The topological polar surface area (TPSA) is 56.0 Å². The van der Waals surface area contributed by atoms with E-state index in [0.717, 1.165) is 0 Å². The SMILES string of the molecule is O=[N+]([O-])c1cc(-c2ccc(Cl)cc2Cl)cnc1Cl. The second kappa shape index (κ2) is 5.10. The molecule has 4 nitrogen and oxygen atoms in total. The van der Waals surface area contributed by atoms with Gasteiger partial charge >= 0.3 is 5.69 Å². The molecule has 0 radical (unpaired) electrons. The van der Waals surface area contributed by atoms with Gasteiger partial charge in [0.15, 0.2) is 0 Å². The lowest BCUT2D eigenvalue weighted by Gasteiger charge is -2.05. The Morgan fingerprint density at radius 1 is 1.17 bits per heavy atom. The zero-order chi connectivity index (χ0) is 13.3. The number of hydrogen-bond donors (Lipinski definition) is 0. The highest BCUT2D eigenvalue weighted by Crippen LogP contribution is 2.33. The van der Waals surface area contributed by atoms with Crippen molar-refractivity contribution in [3.63, 3.8) is 0 Å². The lowest BCUT2D eigenvalue weighted by molar-refractivity contribution is -0.385. The van der Waals surface area contributed by atoms with Crippen molar-refractivity contribution in [3.8, 4) is 11.1 Å². The first kappa shape index (κ1) is 13.1. The Hall–Kier alpha value is -1.36. The molecule has 0 amide bonds. The molecule has 2 aromatic rings. The highest BCUT2D eigenvalue weighted by atomic mass is 35.5.